The number of alkyl halides is 4. The lowest BCUT2D eigenvalue weighted by Gasteiger charge is -2.47. The second kappa shape index (κ2) is 16.8. The van der Waals surface area contributed by atoms with Gasteiger partial charge in [-0.15, -0.1) is 0 Å². The van der Waals surface area contributed by atoms with E-state index in [1.807, 2.05) is 13.0 Å². The van der Waals surface area contributed by atoms with Gasteiger partial charge in [0.15, 0.2) is 6.61 Å². The highest BCUT2D eigenvalue weighted by Crippen LogP contribution is 2.47. The minimum absolute atomic E-state index is 0.0334. The first-order chi connectivity index (χ1) is 28.0. The fraction of sp³-hybridized carbons (Fsp3) is 0.625. The van der Waals surface area contributed by atoms with Gasteiger partial charge in [0, 0.05) is 41.1 Å². The van der Waals surface area contributed by atoms with Gasteiger partial charge < -0.3 is 24.8 Å². The van der Waals surface area contributed by atoms with Gasteiger partial charge in [-0.2, -0.15) is 4.98 Å². The van der Waals surface area contributed by atoms with Crippen LogP contribution in [-0.2, 0) is 24.4 Å². The normalized spacial score (nSPS) is 27.9. The Morgan fingerprint density at radius 2 is 1.83 bits per heavy atom. The quantitative estimate of drug-likeness (QED) is 0.175. The van der Waals surface area contributed by atoms with Crippen molar-refractivity contribution in [2.75, 3.05) is 13.2 Å². The Morgan fingerprint density at radius 3 is 2.47 bits per heavy atom. The first-order valence-corrected chi connectivity index (χ1v) is 21.8. The summed E-state index contributed by atoms with van der Waals surface area (Å²) in [5.41, 5.74) is -4.17. The van der Waals surface area contributed by atoms with E-state index in [2.05, 4.69) is 15.0 Å². The second-order valence-corrected chi connectivity index (χ2v) is 19.5. The summed E-state index contributed by atoms with van der Waals surface area (Å²) in [6.45, 7) is 4.63. The van der Waals surface area contributed by atoms with E-state index in [0.717, 1.165) is 18.7 Å². The summed E-state index contributed by atoms with van der Waals surface area (Å²) in [4.78, 5) is 62.4. The smallest absolute Gasteiger partial charge is 0.408 e. The molecule has 7 atom stereocenters. The summed E-state index contributed by atoms with van der Waals surface area (Å²) in [5, 5.41) is 13.4. The molecule has 4 amide bonds. The van der Waals surface area contributed by atoms with Crippen molar-refractivity contribution in [1.29, 1.82) is 0 Å². The number of hydrogen-bond donors (Lipinski definition) is 3. The van der Waals surface area contributed by atoms with E-state index in [-0.39, 0.29) is 42.0 Å². The molecule has 6 rings (SSSR count). The molecule has 1 aromatic carbocycles. The van der Waals surface area contributed by atoms with Crippen LogP contribution in [0.25, 0.3) is 10.8 Å². The average Bonchev–Trinajstić information content (AvgIpc) is 4.07. The molecule has 4 aliphatic rings. The maximum absolute atomic E-state index is 15.4. The highest BCUT2D eigenvalue weighted by Gasteiger charge is 2.62. The number of carbonyl (C=O) groups is 4. The molecule has 2 aliphatic heterocycles. The molecule has 1 saturated heterocycles. The molecule has 1 aromatic heterocycles. The summed E-state index contributed by atoms with van der Waals surface area (Å²) < 4.78 is 96.5. The predicted molar refractivity (Wildman–Crippen MR) is 212 cm³/mol. The molecule has 0 radical (unpaired) electrons. The molecule has 3 heterocycles. The Labute approximate surface area is 350 Å². The van der Waals surface area contributed by atoms with Crippen molar-refractivity contribution in [2.24, 2.45) is 17.8 Å². The van der Waals surface area contributed by atoms with Crippen LogP contribution in [-0.4, -0.2) is 112 Å². The van der Waals surface area contributed by atoms with Crippen LogP contribution < -0.4 is 19.5 Å². The summed E-state index contributed by atoms with van der Waals surface area (Å²) in [6.07, 6.45) is -0.518. The number of allylic oxidation sites excluding steroid dienone is 1. The van der Waals surface area contributed by atoms with Crippen molar-refractivity contribution in [2.45, 2.75) is 126 Å². The minimum atomic E-state index is -4.05. The first-order valence-electron chi connectivity index (χ1n) is 19.9. The van der Waals surface area contributed by atoms with Crippen molar-refractivity contribution < 1.29 is 59.7 Å². The van der Waals surface area contributed by atoms with Gasteiger partial charge in [0.25, 0.3) is 18.3 Å². The van der Waals surface area contributed by atoms with Crippen LogP contribution >= 0.6 is 11.6 Å². The largest absolute Gasteiger partial charge is 0.472 e. The molecular weight excluding hydrogens is 838 g/mol. The van der Waals surface area contributed by atoms with Gasteiger partial charge in [0.2, 0.25) is 33.6 Å². The molecule has 2 aromatic rings. The number of sulfonamides is 1. The number of nitrogens with zero attached hydrogens (tertiary/aromatic N) is 3. The molecule has 14 nitrogen and oxygen atoms in total. The van der Waals surface area contributed by atoms with Crippen LogP contribution in [0.15, 0.2) is 36.4 Å². The average molecular weight is 888 g/mol. The van der Waals surface area contributed by atoms with Gasteiger partial charge in [0.1, 0.15) is 29.3 Å². The number of aromatic nitrogens is 1. The Morgan fingerprint density at radius 1 is 1.13 bits per heavy atom. The molecule has 3 N–H and O–H groups in total. The third kappa shape index (κ3) is 9.26. The number of hydrogen-bond acceptors (Lipinski definition) is 9. The van der Waals surface area contributed by atoms with Crippen molar-refractivity contribution >= 4 is 56.2 Å². The highest BCUT2D eigenvalue weighted by atomic mass is 35.5. The van der Waals surface area contributed by atoms with Gasteiger partial charge in [-0.05, 0) is 76.3 Å². The lowest BCUT2D eigenvalue weighted by Crippen LogP contribution is -2.66. The van der Waals surface area contributed by atoms with E-state index >= 15 is 13.6 Å². The summed E-state index contributed by atoms with van der Waals surface area (Å²) in [6, 6.07) is 2.79. The monoisotopic (exact) mass is 887 g/mol. The van der Waals surface area contributed by atoms with E-state index in [9.17, 15) is 36.7 Å². The van der Waals surface area contributed by atoms with Crippen molar-refractivity contribution in [3.05, 3.63) is 41.4 Å². The van der Waals surface area contributed by atoms with Crippen LogP contribution in [0.2, 0.25) is 5.02 Å². The van der Waals surface area contributed by atoms with Gasteiger partial charge >= 0.3 is 6.09 Å². The zero-order valence-electron chi connectivity index (χ0n) is 33.8. The second-order valence-electron chi connectivity index (χ2n) is 17.1. The molecule has 0 spiro atoms. The Bertz CT molecular complexity index is 2150. The summed E-state index contributed by atoms with van der Waals surface area (Å²) in [5.74, 6) is -8.56. The zero-order chi connectivity index (χ0) is 44.1. The van der Waals surface area contributed by atoms with Gasteiger partial charge in [-0.25, -0.2) is 30.8 Å². The van der Waals surface area contributed by atoms with Gasteiger partial charge in [0.05, 0.1) is 11.8 Å². The van der Waals surface area contributed by atoms with Gasteiger partial charge in [-0.3, -0.25) is 24.0 Å². The van der Waals surface area contributed by atoms with E-state index in [4.69, 9.17) is 21.1 Å². The number of fused-ring (bicyclic) bond motifs is 3. The molecule has 60 heavy (non-hydrogen) atoms. The predicted octanol–water partition coefficient (Wildman–Crippen LogP) is 6.16. The molecule has 330 valence electrons. The topological polar surface area (TPSA) is 185 Å². The molecule has 0 bridgehead atoms. The zero-order valence-corrected chi connectivity index (χ0v) is 35.4. The highest BCUT2D eigenvalue weighted by molar-refractivity contribution is 7.91. The molecule has 0 unspecified atom stereocenters. The number of rotatable bonds is 11. The van der Waals surface area contributed by atoms with E-state index in [1.54, 1.807) is 31.2 Å². The van der Waals surface area contributed by atoms with E-state index in [1.165, 1.54) is 6.07 Å². The van der Waals surface area contributed by atoms with Crippen LogP contribution in [0.5, 0.6) is 11.8 Å². The lowest BCUT2D eigenvalue weighted by atomic mass is 9.84. The minimum Gasteiger partial charge on any atom is -0.472 e. The Hall–Kier alpha value is -4.39. The molecule has 20 heteroatoms. The molecule has 2 aliphatic carbocycles. The number of carbonyl (C=O) groups excluding carboxylic acids is 3. The maximum atomic E-state index is 15.4. The lowest BCUT2D eigenvalue weighted by molar-refractivity contribution is -0.156. The summed E-state index contributed by atoms with van der Waals surface area (Å²) in [7, 11) is -4.05. The number of amides is 4. The number of pyridine rings is 1. The number of benzene rings is 1. The Balaban J connectivity index is 1.44. The van der Waals surface area contributed by atoms with Crippen LogP contribution in [0, 0.1) is 17.8 Å². The van der Waals surface area contributed by atoms with E-state index < -0.39 is 106 Å². The van der Waals surface area contributed by atoms with Gasteiger partial charge in [-0.1, -0.05) is 43.7 Å². The fourth-order valence-electron chi connectivity index (χ4n) is 8.22. The molecular formula is C40H50ClF4N5O9S. The third-order valence-corrected chi connectivity index (χ3v) is 14.3. The number of halogens is 5. The maximum Gasteiger partial charge on any atom is 0.408 e. The van der Waals surface area contributed by atoms with Crippen LogP contribution in [0.4, 0.5) is 22.4 Å². The molecule has 2 saturated carbocycles. The fourth-order valence-corrected chi connectivity index (χ4v) is 9.81. The van der Waals surface area contributed by atoms with Crippen LogP contribution in [0.3, 0.4) is 0 Å². The van der Waals surface area contributed by atoms with Crippen LogP contribution in [0.1, 0.15) is 79.6 Å². The standard InChI is InChI=1S/C40H50ClF4N5O9S/c1-21-9-6-7-10-23-18-40(23,36(53)48-60(56,57)25-13-14-25)47-33(51)29-16-24(59-34-26-11-8-12-28(41)27(26)17-31(46-34)58-20-30(42)43)19-49(29)35(52)32(22(2)15-21)50(37(54)55)38(3,4)39(5,44)45/h7-8,10-12,17,21-25,29-30,32H,6,9,13-16,18-20H2,1-5H3,(H,47,51)(H,48,53)(H,54,55)/t21-,22+,23+,24+,29-,32-,40+/m0/s1. The van der Waals surface area contributed by atoms with Crippen molar-refractivity contribution in [3.8, 4) is 11.8 Å². The summed E-state index contributed by atoms with van der Waals surface area (Å²) >= 11 is 6.45. The van der Waals surface area contributed by atoms with Crippen molar-refractivity contribution in [1.82, 2.24) is 24.8 Å². The number of ether oxygens (including phenoxy) is 2. The number of carboxylic acid groups (broad SMARTS) is 1. The van der Waals surface area contributed by atoms with E-state index in [0.29, 0.717) is 48.3 Å². The SMILES string of the molecule is C[C@H]1CCC=C[C@@H]2C[C@@]2(C(=O)NS(=O)(=O)C2CC2)NC(=O)[C@@H]2C[C@@H](Oc3nc(OCC(F)F)cc4c(Cl)cccc34)CN2C(=O)[C@@H](N(C(=O)O)C(C)(C)C(C)(F)F)[C@H](C)C1. The Kier molecular flexibility index (Phi) is 12.7. The first kappa shape index (κ1) is 45.1. The third-order valence-electron chi connectivity index (χ3n) is 12.1. The van der Waals surface area contributed by atoms with Crippen molar-refractivity contribution in [3.63, 3.8) is 0 Å². The number of nitrogens with one attached hydrogen (secondary N) is 2. The molecule has 3 fully saturated rings.